The Morgan fingerprint density at radius 3 is 2.22 bits per heavy atom. The van der Waals surface area contributed by atoms with Crippen LogP contribution < -0.4 is 14.8 Å². The Morgan fingerprint density at radius 1 is 0.870 bits per heavy atom. The molecule has 1 saturated heterocycles. The molecule has 0 aromatic heterocycles. The molecular formula is C20H25NO2. The third-order valence-corrected chi connectivity index (χ3v) is 4.78. The highest BCUT2D eigenvalue weighted by Crippen LogP contribution is 2.40. The summed E-state index contributed by atoms with van der Waals surface area (Å²) >= 11 is 0. The van der Waals surface area contributed by atoms with Gasteiger partial charge in [-0.2, -0.15) is 0 Å². The van der Waals surface area contributed by atoms with Crippen LogP contribution >= 0.6 is 0 Å². The van der Waals surface area contributed by atoms with Crippen LogP contribution in [0.5, 0.6) is 11.5 Å². The van der Waals surface area contributed by atoms with Crippen molar-refractivity contribution in [3.8, 4) is 11.5 Å². The van der Waals surface area contributed by atoms with E-state index in [2.05, 4.69) is 47.8 Å². The predicted octanol–water partition coefficient (Wildman–Crippen LogP) is 3.84. The van der Waals surface area contributed by atoms with Crippen LogP contribution in [0.1, 0.15) is 29.9 Å². The van der Waals surface area contributed by atoms with E-state index in [4.69, 9.17) is 9.47 Å². The maximum atomic E-state index is 5.51. The van der Waals surface area contributed by atoms with Gasteiger partial charge >= 0.3 is 0 Å². The van der Waals surface area contributed by atoms with E-state index in [0.29, 0.717) is 11.8 Å². The second-order valence-corrected chi connectivity index (χ2v) is 6.09. The standard InChI is InChI=1S/C20H25NO2/c1-22-18-9-8-17(14-19(18)23-2)20(15-6-4-3-5-7-15)16-10-12-21-13-11-16/h3-9,14,16,20-21H,10-13H2,1-2H3/t20-/m1/s1. The summed E-state index contributed by atoms with van der Waals surface area (Å²) in [5.74, 6) is 2.64. The fraction of sp³-hybridized carbons (Fsp3) is 0.400. The molecular weight excluding hydrogens is 286 g/mol. The van der Waals surface area contributed by atoms with Gasteiger partial charge in [0.1, 0.15) is 0 Å². The Morgan fingerprint density at radius 2 is 1.57 bits per heavy atom. The lowest BCUT2D eigenvalue weighted by molar-refractivity contribution is 0.337. The maximum Gasteiger partial charge on any atom is 0.161 e. The van der Waals surface area contributed by atoms with Crippen LogP contribution in [0.15, 0.2) is 48.5 Å². The van der Waals surface area contributed by atoms with E-state index in [-0.39, 0.29) is 0 Å². The summed E-state index contributed by atoms with van der Waals surface area (Å²) in [6, 6.07) is 17.2. The number of benzene rings is 2. The third-order valence-electron chi connectivity index (χ3n) is 4.78. The van der Waals surface area contributed by atoms with Crippen LogP contribution in [0.3, 0.4) is 0 Å². The first-order chi connectivity index (χ1) is 11.3. The monoisotopic (exact) mass is 311 g/mol. The van der Waals surface area contributed by atoms with Gasteiger partial charge in [-0.1, -0.05) is 36.4 Å². The lowest BCUT2D eigenvalue weighted by atomic mass is 9.76. The van der Waals surface area contributed by atoms with Crippen LogP contribution in [0.2, 0.25) is 0 Å². The van der Waals surface area contributed by atoms with Crippen molar-refractivity contribution in [2.45, 2.75) is 18.8 Å². The molecule has 0 radical (unpaired) electrons. The smallest absolute Gasteiger partial charge is 0.161 e. The van der Waals surface area contributed by atoms with Crippen molar-refractivity contribution in [3.05, 3.63) is 59.7 Å². The van der Waals surface area contributed by atoms with Gasteiger partial charge in [0, 0.05) is 5.92 Å². The minimum absolute atomic E-state index is 0.401. The van der Waals surface area contributed by atoms with Crippen LogP contribution in [0.25, 0.3) is 0 Å². The molecule has 0 saturated carbocycles. The van der Waals surface area contributed by atoms with Crippen molar-refractivity contribution < 1.29 is 9.47 Å². The quantitative estimate of drug-likeness (QED) is 0.910. The van der Waals surface area contributed by atoms with Crippen LogP contribution in [-0.4, -0.2) is 27.3 Å². The zero-order chi connectivity index (χ0) is 16.1. The molecule has 3 rings (SSSR count). The first-order valence-electron chi connectivity index (χ1n) is 8.31. The topological polar surface area (TPSA) is 30.5 Å². The summed E-state index contributed by atoms with van der Waals surface area (Å²) in [4.78, 5) is 0. The van der Waals surface area contributed by atoms with E-state index in [0.717, 1.165) is 24.6 Å². The summed E-state index contributed by atoms with van der Waals surface area (Å²) < 4.78 is 10.9. The number of hydrogen-bond acceptors (Lipinski definition) is 3. The van der Waals surface area contributed by atoms with E-state index >= 15 is 0 Å². The molecule has 3 nitrogen and oxygen atoms in total. The minimum atomic E-state index is 0.401. The fourth-order valence-electron chi connectivity index (χ4n) is 3.62. The zero-order valence-corrected chi connectivity index (χ0v) is 13.9. The molecule has 1 aliphatic rings. The fourth-order valence-corrected chi connectivity index (χ4v) is 3.62. The molecule has 1 N–H and O–H groups in total. The molecule has 122 valence electrons. The molecule has 1 heterocycles. The lowest BCUT2D eigenvalue weighted by Gasteiger charge is -2.32. The number of ether oxygens (including phenoxy) is 2. The predicted molar refractivity (Wildman–Crippen MR) is 93.4 cm³/mol. The van der Waals surface area contributed by atoms with Crippen molar-refractivity contribution in [2.75, 3.05) is 27.3 Å². The SMILES string of the molecule is COc1ccc([C@H](c2ccccc2)C2CCNCC2)cc1OC. The van der Waals surface area contributed by atoms with Gasteiger partial charge in [-0.25, -0.2) is 0 Å². The Kier molecular flexibility index (Phi) is 5.19. The first-order valence-corrected chi connectivity index (χ1v) is 8.31. The van der Waals surface area contributed by atoms with Gasteiger partial charge in [-0.05, 0) is 55.1 Å². The normalized spacial score (nSPS) is 16.8. The summed E-state index contributed by atoms with van der Waals surface area (Å²) in [6.07, 6.45) is 2.40. The summed E-state index contributed by atoms with van der Waals surface area (Å²) in [5.41, 5.74) is 2.69. The second kappa shape index (κ2) is 7.51. The lowest BCUT2D eigenvalue weighted by Crippen LogP contribution is -2.31. The van der Waals surface area contributed by atoms with E-state index in [9.17, 15) is 0 Å². The molecule has 23 heavy (non-hydrogen) atoms. The second-order valence-electron chi connectivity index (χ2n) is 6.09. The van der Waals surface area contributed by atoms with Crippen LogP contribution in [0.4, 0.5) is 0 Å². The molecule has 0 amide bonds. The molecule has 2 aromatic rings. The average Bonchev–Trinajstić information content (AvgIpc) is 2.63. The molecule has 0 spiro atoms. The number of methoxy groups -OCH3 is 2. The molecule has 2 aromatic carbocycles. The van der Waals surface area contributed by atoms with Gasteiger partial charge in [0.25, 0.3) is 0 Å². The van der Waals surface area contributed by atoms with E-state index < -0.39 is 0 Å². The van der Waals surface area contributed by atoms with Gasteiger partial charge in [0.2, 0.25) is 0 Å². The molecule has 1 aliphatic heterocycles. The first kappa shape index (κ1) is 15.9. The third kappa shape index (κ3) is 3.50. The highest BCUT2D eigenvalue weighted by atomic mass is 16.5. The van der Waals surface area contributed by atoms with E-state index in [1.807, 2.05) is 6.07 Å². The summed E-state index contributed by atoms with van der Waals surface area (Å²) in [5, 5.41) is 3.47. The number of nitrogens with one attached hydrogen (secondary N) is 1. The van der Waals surface area contributed by atoms with Crippen LogP contribution in [0, 0.1) is 5.92 Å². The van der Waals surface area contributed by atoms with Crippen molar-refractivity contribution in [2.24, 2.45) is 5.92 Å². The average molecular weight is 311 g/mol. The highest BCUT2D eigenvalue weighted by molar-refractivity contribution is 5.46. The Labute approximate surface area is 138 Å². The molecule has 1 fully saturated rings. The number of piperidine rings is 1. The minimum Gasteiger partial charge on any atom is -0.493 e. The van der Waals surface area contributed by atoms with Crippen molar-refractivity contribution in [1.82, 2.24) is 5.32 Å². The van der Waals surface area contributed by atoms with Crippen molar-refractivity contribution in [3.63, 3.8) is 0 Å². The molecule has 1 atom stereocenters. The zero-order valence-electron chi connectivity index (χ0n) is 13.9. The number of rotatable bonds is 5. The van der Waals surface area contributed by atoms with Gasteiger partial charge in [-0.3, -0.25) is 0 Å². The summed E-state index contributed by atoms with van der Waals surface area (Å²) in [7, 11) is 3.38. The Hall–Kier alpha value is -2.00. The van der Waals surface area contributed by atoms with Gasteiger partial charge in [0.05, 0.1) is 14.2 Å². The largest absolute Gasteiger partial charge is 0.493 e. The molecule has 0 bridgehead atoms. The molecule has 0 aliphatic carbocycles. The van der Waals surface area contributed by atoms with Gasteiger partial charge < -0.3 is 14.8 Å². The summed E-state index contributed by atoms with van der Waals surface area (Å²) in [6.45, 7) is 2.20. The molecule has 0 unspecified atom stereocenters. The van der Waals surface area contributed by atoms with E-state index in [1.165, 1.54) is 24.0 Å². The van der Waals surface area contributed by atoms with Crippen LogP contribution in [-0.2, 0) is 0 Å². The Bertz CT molecular complexity index is 621. The maximum absolute atomic E-state index is 5.51. The molecule has 3 heteroatoms. The Balaban J connectivity index is 2.01. The van der Waals surface area contributed by atoms with Gasteiger partial charge in [-0.15, -0.1) is 0 Å². The number of hydrogen-bond donors (Lipinski definition) is 1. The van der Waals surface area contributed by atoms with E-state index in [1.54, 1.807) is 14.2 Å². The van der Waals surface area contributed by atoms with Gasteiger partial charge in [0.15, 0.2) is 11.5 Å². The van der Waals surface area contributed by atoms with Crippen molar-refractivity contribution in [1.29, 1.82) is 0 Å². The highest BCUT2D eigenvalue weighted by Gasteiger charge is 2.27. The van der Waals surface area contributed by atoms with Crippen molar-refractivity contribution >= 4 is 0 Å².